The van der Waals surface area contributed by atoms with Crippen molar-refractivity contribution in [3.05, 3.63) is 46.4 Å². The van der Waals surface area contributed by atoms with Crippen LogP contribution in [-0.2, 0) is 0 Å². The minimum Gasteiger partial charge on any atom is -0.487 e. The number of carbonyl (C=O) groups is 1. The monoisotopic (exact) mass is 387 g/mol. The van der Waals surface area contributed by atoms with E-state index >= 15 is 0 Å². The Morgan fingerprint density at radius 3 is 2.57 bits per heavy atom. The van der Waals surface area contributed by atoms with E-state index in [9.17, 15) is 4.79 Å². The molecule has 3 rings (SSSR count). The van der Waals surface area contributed by atoms with Gasteiger partial charge in [0, 0.05) is 19.3 Å². The van der Waals surface area contributed by atoms with Crippen LogP contribution in [0.2, 0.25) is 0 Å². The van der Waals surface area contributed by atoms with Crippen LogP contribution < -0.4 is 10.2 Å². The van der Waals surface area contributed by atoms with E-state index in [1.54, 1.807) is 12.4 Å². The molecular weight excluding hydrogens is 350 g/mol. The van der Waals surface area contributed by atoms with Crippen LogP contribution in [0.1, 0.15) is 76.2 Å². The molecule has 0 aromatic carbocycles. The quantitative estimate of drug-likeness (QED) is 0.678. The van der Waals surface area contributed by atoms with Gasteiger partial charge < -0.3 is 9.75 Å². The lowest BCUT2D eigenvalue weighted by molar-refractivity contribution is 0.111. The second-order valence-corrected chi connectivity index (χ2v) is 6.26. The van der Waals surface area contributed by atoms with E-state index in [0.717, 1.165) is 37.8 Å². The highest BCUT2D eigenvalue weighted by Crippen LogP contribution is 2.33. The summed E-state index contributed by atoms with van der Waals surface area (Å²) in [5.74, 6) is 0.577. The van der Waals surface area contributed by atoms with E-state index in [-0.39, 0.29) is 0 Å². The molecule has 1 aliphatic heterocycles. The number of nitrogens with one attached hydrogen (secondary N) is 1. The molecule has 2 heterocycles. The van der Waals surface area contributed by atoms with Gasteiger partial charge in [-0.05, 0) is 62.3 Å². The predicted octanol–water partition coefficient (Wildman–Crippen LogP) is 5.23. The van der Waals surface area contributed by atoms with Crippen LogP contribution in [0.3, 0.4) is 0 Å². The van der Waals surface area contributed by atoms with Crippen molar-refractivity contribution in [3.8, 4) is 5.75 Å². The number of ether oxygens (including phenoxy) is 1. The third-order valence-corrected chi connectivity index (χ3v) is 4.75. The Hall–Kier alpha value is -2.14. The SMILES string of the molecule is CC.CC.CCN1NCC=C1C1=C(COc2cncc(C)c2C=O)CCCC1. The topological polar surface area (TPSA) is 54.5 Å². The number of rotatable bonds is 6. The van der Waals surface area contributed by atoms with Gasteiger partial charge in [-0.1, -0.05) is 27.7 Å². The standard InChI is InChI=1S/C19H25N3O2.2C2H6/c1-3-22-18(8-9-21-22)16-7-5-4-6-15(16)13-24-19-11-20-10-14(2)17(19)12-23;2*1-2/h8,10-12,21H,3-7,9,13H2,1-2H3;2*1-2H3. The molecule has 1 N–H and O–H groups in total. The smallest absolute Gasteiger partial charge is 0.154 e. The van der Waals surface area contributed by atoms with Crippen LogP contribution in [0.5, 0.6) is 5.75 Å². The fourth-order valence-corrected chi connectivity index (χ4v) is 3.43. The first-order valence-electron chi connectivity index (χ1n) is 10.7. The zero-order valence-electron chi connectivity index (χ0n) is 18.5. The summed E-state index contributed by atoms with van der Waals surface area (Å²) >= 11 is 0. The second-order valence-electron chi connectivity index (χ2n) is 6.26. The van der Waals surface area contributed by atoms with Crippen molar-refractivity contribution in [2.75, 3.05) is 19.7 Å². The van der Waals surface area contributed by atoms with Gasteiger partial charge in [0.05, 0.1) is 17.5 Å². The number of nitrogens with zero attached hydrogens (tertiary/aromatic N) is 2. The maximum Gasteiger partial charge on any atom is 0.154 e. The Labute approximate surface area is 170 Å². The largest absolute Gasteiger partial charge is 0.487 e. The number of aromatic nitrogens is 1. The Morgan fingerprint density at radius 2 is 1.89 bits per heavy atom. The van der Waals surface area contributed by atoms with Gasteiger partial charge in [0.2, 0.25) is 0 Å². The summed E-state index contributed by atoms with van der Waals surface area (Å²) in [5.41, 5.74) is 8.87. The molecular formula is C23H37N3O2. The number of hydrogen-bond acceptors (Lipinski definition) is 5. The fourth-order valence-electron chi connectivity index (χ4n) is 3.43. The van der Waals surface area contributed by atoms with E-state index in [1.165, 1.54) is 29.7 Å². The van der Waals surface area contributed by atoms with Crippen molar-refractivity contribution in [2.45, 2.75) is 67.2 Å². The second kappa shape index (κ2) is 13.1. The van der Waals surface area contributed by atoms with Crippen LogP contribution >= 0.6 is 0 Å². The fraction of sp³-hybridized carbons (Fsp3) is 0.565. The highest BCUT2D eigenvalue weighted by Gasteiger charge is 2.23. The van der Waals surface area contributed by atoms with E-state index in [4.69, 9.17) is 4.74 Å². The average Bonchev–Trinajstić information content (AvgIpc) is 3.24. The number of likely N-dealkylation sites (N-methyl/N-ethyl adjacent to an activating group) is 1. The molecule has 1 aromatic heterocycles. The number of hydrogen-bond donors (Lipinski definition) is 1. The molecule has 0 spiro atoms. The van der Waals surface area contributed by atoms with Gasteiger partial charge >= 0.3 is 0 Å². The Balaban J connectivity index is 0.000000921. The van der Waals surface area contributed by atoms with Crippen LogP contribution in [-0.4, -0.2) is 36.0 Å². The minimum atomic E-state index is 0.524. The zero-order valence-corrected chi connectivity index (χ0v) is 18.5. The van der Waals surface area contributed by atoms with Crippen LogP contribution in [0, 0.1) is 6.92 Å². The average molecular weight is 388 g/mol. The number of hydrazine groups is 1. The maximum absolute atomic E-state index is 11.3. The maximum atomic E-state index is 11.3. The number of pyridine rings is 1. The van der Waals surface area contributed by atoms with Crippen molar-refractivity contribution >= 4 is 6.29 Å². The predicted molar refractivity (Wildman–Crippen MR) is 117 cm³/mol. The highest BCUT2D eigenvalue weighted by atomic mass is 16.5. The summed E-state index contributed by atoms with van der Waals surface area (Å²) in [5, 5.41) is 2.21. The summed E-state index contributed by atoms with van der Waals surface area (Å²) in [7, 11) is 0. The molecule has 1 aromatic rings. The molecule has 5 heteroatoms. The van der Waals surface area contributed by atoms with Crippen LogP contribution in [0.4, 0.5) is 0 Å². The van der Waals surface area contributed by atoms with Gasteiger partial charge in [0.25, 0.3) is 0 Å². The van der Waals surface area contributed by atoms with Gasteiger partial charge in [0.1, 0.15) is 12.4 Å². The van der Waals surface area contributed by atoms with Gasteiger partial charge in [-0.2, -0.15) is 0 Å². The molecule has 0 saturated carbocycles. The molecule has 0 atom stereocenters. The van der Waals surface area contributed by atoms with E-state index in [2.05, 4.69) is 28.4 Å². The summed E-state index contributed by atoms with van der Waals surface area (Å²) in [6, 6.07) is 0. The van der Waals surface area contributed by atoms with E-state index in [1.807, 2.05) is 34.6 Å². The molecule has 0 amide bonds. The number of aldehydes is 1. The Bertz CT molecular complexity index is 680. The first kappa shape index (κ1) is 23.9. The number of carbonyl (C=O) groups excluding carboxylic acids is 1. The van der Waals surface area contributed by atoms with Crippen molar-refractivity contribution in [3.63, 3.8) is 0 Å². The van der Waals surface area contributed by atoms with Crippen molar-refractivity contribution < 1.29 is 9.53 Å². The lowest BCUT2D eigenvalue weighted by Crippen LogP contribution is -2.32. The molecule has 0 bridgehead atoms. The summed E-state index contributed by atoms with van der Waals surface area (Å²) < 4.78 is 5.99. The molecule has 0 unspecified atom stereocenters. The summed E-state index contributed by atoms with van der Waals surface area (Å²) in [6.07, 6.45) is 11.0. The molecule has 156 valence electrons. The van der Waals surface area contributed by atoms with Crippen molar-refractivity contribution in [2.24, 2.45) is 0 Å². The van der Waals surface area contributed by atoms with E-state index in [0.29, 0.717) is 17.9 Å². The van der Waals surface area contributed by atoms with Gasteiger partial charge in [0.15, 0.2) is 6.29 Å². The molecule has 1 aliphatic carbocycles. The first-order chi connectivity index (χ1) is 13.7. The zero-order chi connectivity index (χ0) is 20.9. The first-order valence-corrected chi connectivity index (χ1v) is 10.7. The molecule has 2 aliphatic rings. The number of aryl methyl sites for hydroxylation is 1. The summed E-state index contributed by atoms with van der Waals surface area (Å²) in [4.78, 5) is 15.5. The molecule has 0 radical (unpaired) electrons. The van der Waals surface area contributed by atoms with E-state index < -0.39 is 0 Å². The highest BCUT2D eigenvalue weighted by molar-refractivity contribution is 5.81. The Kier molecular flexibility index (Phi) is 11.2. The lowest BCUT2D eigenvalue weighted by Gasteiger charge is -2.27. The van der Waals surface area contributed by atoms with Crippen molar-refractivity contribution in [1.29, 1.82) is 0 Å². The van der Waals surface area contributed by atoms with Crippen LogP contribution in [0.15, 0.2) is 35.3 Å². The third-order valence-electron chi connectivity index (χ3n) is 4.75. The Morgan fingerprint density at radius 1 is 1.18 bits per heavy atom. The number of allylic oxidation sites excluding steroid dienone is 1. The summed E-state index contributed by atoms with van der Waals surface area (Å²) in [6.45, 7) is 14.4. The molecule has 0 saturated heterocycles. The normalized spacial score (nSPS) is 15.8. The van der Waals surface area contributed by atoms with Gasteiger partial charge in [-0.25, -0.2) is 5.43 Å². The minimum absolute atomic E-state index is 0.524. The van der Waals surface area contributed by atoms with Crippen LogP contribution in [0.25, 0.3) is 0 Å². The van der Waals surface area contributed by atoms with Crippen molar-refractivity contribution in [1.82, 2.24) is 15.4 Å². The van der Waals surface area contributed by atoms with Gasteiger partial charge in [-0.3, -0.25) is 9.78 Å². The third kappa shape index (κ3) is 5.93. The molecule has 5 nitrogen and oxygen atoms in total. The lowest BCUT2D eigenvalue weighted by atomic mass is 9.90. The molecule has 28 heavy (non-hydrogen) atoms. The van der Waals surface area contributed by atoms with Gasteiger partial charge in [-0.15, -0.1) is 0 Å². The molecule has 0 fully saturated rings.